The van der Waals surface area contributed by atoms with Crippen LogP contribution in [0.15, 0.2) is 24.3 Å². The summed E-state index contributed by atoms with van der Waals surface area (Å²) < 4.78 is 49.7. The number of carbonyl (C=O) groups is 1. The number of amides is 1. The minimum absolute atomic E-state index is 0.0254. The first-order chi connectivity index (χ1) is 13.2. The highest BCUT2D eigenvalue weighted by Crippen LogP contribution is 2.29. The fourth-order valence-corrected chi connectivity index (χ4v) is 3.16. The lowest BCUT2D eigenvalue weighted by atomic mass is 10.1. The molecule has 28 heavy (non-hydrogen) atoms. The van der Waals surface area contributed by atoms with Crippen molar-refractivity contribution >= 4 is 5.91 Å². The Morgan fingerprint density at radius 1 is 1.46 bits per heavy atom. The van der Waals surface area contributed by atoms with E-state index in [2.05, 4.69) is 0 Å². The van der Waals surface area contributed by atoms with Gasteiger partial charge in [0.25, 0.3) is 5.91 Å². The van der Waals surface area contributed by atoms with Crippen molar-refractivity contribution in [1.82, 2.24) is 9.80 Å². The van der Waals surface area contributed by atoms with Gasteiger partial charge in [0.2, 0.25) is 0 Å². The predicted molar refractivity (Wildman–Crippen MR) is 97.1 cm³/mol. The van der Waals surface area contributed by atoms with E-state index >= 15 is 0 Å². The predicted octanol–water partition coefficient (Wildman–Crippen LogP) is 1.88. The Labute approximate surface area is 162 Å². The second kappa shape index (κ2) is 10.2. The molecule has 1 N–H and O–H groups in total. The molecule has 1 aromatic rings. The summed E-state index contributed by atoms with van der Waals surface area (Å²) in [6.45, 7) is 4.61. The minimum atomic E-state index is -4.51. The largest absolute Gasteiger partial charge is 0.416 e. The molecule has 0 saturated carbocycles. The molecule has 1 aliphatic rings. The number of nitrogens with zero attached hydrogens (tertiary/aromatic N) is 2. The standard InChI is InChI=1S/C19H27F3N2O4/c1-14(25)11-23-6-9-28-17(12-23)13-24(7-8-27-2)18(26)15-4-3-5-16(10-15)19(20,21)22/h3-5,10,14,17,25H,6-9,11-13H2,1-2H3/t14-,17-/m1/s1. The molecule has 6 nitrogen and oxygen atoms in total. The molecule has 9 heteroatoms. The van der Waals surface area contributed by atoms with E-state index in [1.165, 1.54) is 24.1 Å². The van der Waals surface area contributed by atoms with E-state index in [4.69, 9.17) is 9.47 Å². The molecule has 0 spiro atoms. The summed E-state index contributed by atoms with van der Waals surface area (Å²) in [6.07, 6.45) is -5.28. The van der Waals surface area contributed by atoms with E-state index in [1.54, 1.807) is 6.92 Å². The number of methoxy groups -OCH3 is 1. The van der Waals surface area contributed by atoms with Crippen LogP contribution in [0.1, 0.15) is 22.8 Å². The summed E-state index contributed by atoms with van der Waals surface area (Å²) in [5, 5.41) is 9.56. The molecule has 1 aliphatic heterocycles. The van der Waals surface area contributed by atoms with Gasteiger partial charge in [-0.3, -0.25) is 9.69 Å². The first-order valence-electron chi connectivity index (χ1n) is 9.18. The van der Waals surface area contributed by atoms with Gasteiger partial charge in [-0.1, -0.05) is 6.07 Å². The normalized spacial score (nSPS) is 19.4. The number of hydrogen-bond donors (Lipinski definition) is 1. The number of carbonyl (C=O) groups excluding carboxylic acids is 1. The fourth-order valence-electron chi connectivity index (χ4n) is 3.16. The van der Waals surface area contributed by atoms with E-state index in [9.17, 15) is 23.1 Å². The first kappa shape index (κ1) is 22.6. The molecule has 158 valence electrons. The molecule has 1 heterocycles. The molecular weight excluding hydrogens is 377 g/mol. The van der Waals surface area contributed by atoms with Crippen LogP contribution in [-0.4, -0.2) is 86.1 Å². The molecule has 1 amide bonds. The maximum atomic E-state index is 13.0. The zero-order valence-corrected chi connectivity index (χ0v) is 16.1. The highest BCUT2D eigenvalue weighted by atomic mass is 19.4. The van der Waals surface area contributed by atoms with Gasteiger partial charge in [0.1, 0.15) is 0 Å². The van der Waals surface area contributed by atoms with Gasteiger partial charge < -0.3 is 19.5 Å². The summed E-state index contributed by atoms with van der Waals surface area (Å²) in [5.74, 6) is -0.501. The van der Waals surface area contributed by atoms with Crippen molar-refractivity contribution in [2.45, 2.75) is 25.3 Å². The Kier molecular flexibility index (Phi) is 8.23. The Balaban J connectivity index is 2.11. The van der Waals surface area contributed by atoms with Crippen LogP contribution in [0.4, 0.5) is 13.2 Å². The third-order valence-electron chi connectivity index (χ3n) is 4.46. The van der Waals surface area contributed by atoms with E-state index in [1.807, 2.05) is 4.90 Å². The van der Waals surface area contributed by atoms with Crippen molar-refractivity contribution in [3.63, 3.8) is 0 Å². The Hall–Kier alpha value is -1.68. The van der Waals surface area contributed by atoms with E-state index in [0.717, 1.165) is 12.1 Å². The maximum absolute atomic E-state index is 13.0. The van der Waals surface area contributed by atoms with Crippen LogP contribution in [0.2, 0.25) is 0 Å². The van der Waals surface area contributed by atoms with Crippen molar-refractivity contribution in [3.05, 3.63) is 35.4 Å². The highest BCUT2D eigenvalue weighted by molar-refractivity contribution is 5.94. The molecular formula is C19H27F3N2O4. The Morgan fingerprint density at radius 2 is 2.21 bits per heavy atom. The van der Waals surface area contributed by atoms with Gasteiger partial charge in [-0.05, 0) is 25.1 Å². The van der Waals surface area contributed by atoms with Gasteiger partial charge in [0, 0.05) is 45.4 Å². The van der Waals surface area contributed by atoms with Crippen LogP contribution in [0, 0.1) is 0 Å². The number of benzene rings is 1. The number of morpholine rings is 1. The van der Waals surface area contributed by atoms with Crippen molar-refractivity contribution in [2.75, 3.05) is 53.0 Å². The number of aliphatic hydroxyl groups is 1. The Morgan fingerprint density at radius 3 is 2.86 bits per heavy atom. The van der Waals surface area contributed by atoms with Crippen LogP contribution in [-0.2, 0) is 15.7 Å². The van der Waals surface area contributed by atoms with E-state index in [0.29, 0.717) is 26.2 Å². The third-order valence-corrected chi connectivity index (χ3v) is 4.46. The van der Waals surface area contributed by atoms with Gasteiger partial charge in [0.05, 0.1) is 31.0 Å². The lowest BCUT2D eigenvalue weighted by molar-refractivity contribution is -0.137. The maximum Gasteiger partial charge on any atom is 0.416 e. The number of halogens is 3. The van der Waals surface area contributed by atoms with Gasteiger partial charge in [-0.2, -0.15) is 13.2 Å². The average molecular weight is 404 g/mol. The average Bonchev–Trinajstić information content (AvgIpc) is 2.63. The number of aliphatic hydroxyl groups excluding tert-OH is 1. The van der Waals surface area contributed by atoms with Crippen LogP contribution in [0.25, 0.3) is 0 Å². The molecule has 0 bridgehead atoms. The van der Waals surface area contributed by atoms with Crippen LogP contribution in [0.5, 0.6) is 0 Å². The highest BCUT2D eigenvalue weighted by Gasteiger charge is 2.32. The fraction of sp³-hybridized carbons (Fsp3) is 0.632. The number of ether oxygens (including phenoxy) is 2. The quantitative estimate of drug-likeness (QED) is 0.717. The second-order valence-electron chi connectivity index (χ2n) is 6.92. The van der Waals surface area contributed by atoms with E-state index < -0.39 is 23.8 Å². The van der Waals surface area contributed by atoms with Crippen LogP contribution < -0.4 is 0 Å². The van der Waals surface area contributed by atoms with Crippen molar-refractivity contribution in [3.8, 4) is 0 Å². The van der Waals surface area contributed by atoms with Gasteiger partial charge >= 0.3 is 6.18 Å². The molecule has 1 aromatic carbocycles. The molecule has 2 rings (SSSR count). The van der Waals surface area contributed by atoms with Gasteiger partial charge in [-0.15, -0.1) is 0 Å². The smallest absolute Gasteiger partial charge is 0.392 e. The van der Waals surface area contributed by atoms with Gasteiger partial charge in [0.15, 0.2) is 0 Å². The summed E-state index contributed by atoms with van der Waals surface area (Å²) in [4.78, 5) is 16.4. The number of hydrogen-bond acceptors (Lipinski definition) is 5. The van der Waals surface area contributed by atoms with Crippen molar-refractivity contribution in [1.29, 1.82) is 0 Å². The summed E-state index contributed by atoms with van der Waals surface area (Å²) in [6, 6.07) is 4.41. The lowest BCUT2D eigenvalue weighted by Crippen LogP contribution is -2.50. The van der Waals surface area contributed by atoms with Crippen molar-refractivity contribution < 1.29 is 32.5 Å². The number of β-amino-alcohol motifs (C(OH)–C–C–N with tert-alkyl or cyclic N) is 1. The van der Waals surface area contributed by atoms with Crippen LogP contribution in [0.3, 0.4) is 0 Å². The van der Waals surface area contributed by atoms with E-state index in [-0.39, 0.29) is 31.4 Å². The topological polar surface area (TPSA) is 62.2 Å². The minimum Gasteiger partial charge on any atom is -0.392 e. The lowest BCUT2D eigenvalue weighted by Gasteiger charge is -2.36. The molecule has 1 fully saturated rings. The summed E-state index contributed by atoms with van der Waals surface area (Å²) in [5.41, 5.74) is -0.885. The van der Waals surface area contributed by atoms with Gasteiger partial charge in [-0.25, -0.2) is 0 Å². The molecule has 2 atom stereocenters. The number of alkyl halides is 3. The summed E-state index contributed by atoms with van der Waals surface area (Å²) >= 11 is 0. The zero-order valence-electron chi connectivity index (χ0n) is 16.1. The molecule has 0 radical (unpaired) electrons. The summed E-state index contributed by atoms with van der Waals surface area (Å²) in [7, 11) is 1.49. The third kappa shape index (κ3) is 6.73. The molecule has 1 saturated heterocycles. The van der Waals surface area contributed by atoms with Crippen molar-refractivity contribution in [2.24, 2.45) is 0 Å². The van der Waals surface area contributed by atoms with Crippen LogP contribution >= 0.6 is 0 Å². The molecule has 0 aliphatic carbocycles. The molecule has 0 unspecified atom stereocenters. The monoisotopic (exact) mass is 404 g/mol. The number of rotatable bonds is 8. The second-order valence-corrected chi connectivity index (χ2v) is 6.92. The Bertz CT molecular complexity index is 640. The molecule has 0 aromatic heterocycles. The zero-order chi connectivity index (χ0) is 20.7. The first-order valence-corrected chi connectivity index (χ1v) is 9.18. The SMILES string of the molecule is COCCN(C[C@H]1CN(C[C@@H](C)O)CCO1)C(=O)c1cccc(C(F)(F)F)c1.